The van der Waals surface area contributed by atoms with Crippen molar-refractivity contribution in [2.24, 2.45) is 12.0 Å². The van der Waals surface area contributed by atoms with Gasteiger partial charge in [0.2, 0.25) is 0 Å². The molecule has 2 aliphatic rings. The van der Waals surface area contributed by atoms with Crippen LogP contribution in [0.25, 0.3) is 0 Å². The van der Waals surface area contributed by atoms with Gasteiger partial charge in [-0.05, 0) is 49.9 Å². The molecule has 7 nitrogen and oxygen atoms in total. The molecule has 0 amide bonds. The van der Waals surface area contributed by atoms with E-state index >= 15 is 0 Å². The Hall–Kier alpha value is -2.67. The van der Waals surface area contributed by atoms with Crippen LogP contribution in [0.2, 0.25) is 0 Å². The van der Waals surface area contributed by atoms with Crippen LogP contribution in [0.4, 0.5) is 0 Å². The summed E-state index contributed by atoms with van der Waals surface area (Å²) in [6.45, 7) is 2.46. The van der Waals surface area contributed by atoms with E-state index in [-0.39, 0.29) is 23.8 Å². The third-order valence-electron chi connectivity index (χ3n) is 5.59. The number of fused-ring (bicyclic) bond motifs is 3. The highest BCUT2D eigenvalue weighted by Gasteiger charge is 2.37. The van der Waals surface area contributed by atoms with Crippen molar-refractivity contribution in [1.82, 2.24) is 9.55 Å². The Balaban J connectivity index is 1.91. The third kappa shape index (κ3) is 3.20. The summed E-state index contributed by atoms with van der Waals surface area (Å²) in [7, 11) is 3.28. The molecular weight excluding hydrogens is 358 g/mol. The Morgan fingerprint density at radius 3 is 2.82 bits per heavy atom. The maximum absolute atomic E-state index is 12.1. The van der Waals surface area contributed by atoms with E-state index in [4.69, 9.17) is 14.5 Å². The van der Waals surface area contributed by atoms with Gasteiger partial charge in [-0.1, -0.05) is 0 Å². The Morgan fingerprint density at radius 2 is 2.11 bits per heavy atom. The number of aliphatic imine (C=N–C) groups is 1. The van der Waals surface area contributed by atoms with Gasteiger partial charge in [0.1, 0.15) is 0 Å². The molecular formula is C21H25N3O4. The molecule has 0 unspecified atom stereocenters. The molecule has 0 saturated heterocycles. The van der Waals surface area contributed by atoms with E-state index in [9.17, 15) is 9.90 Å². The van der Waals surface area contributed by atoms with Gasteiger partial charge in [0.25, 0.3) is 0 Å². The molecule has 4 rings (SSSR count). The molecule has 1 fully saturated rings. The molecule has 148 valence electrons. The Labute approximate surface area is 163 Å². The molecule has 1 N–H and O–H groups in total. The van der Waals surface area contributed by atoms with Gasteiger partial charge >= 0.3 is 5.69 Å². The lowest BCUT2D eigenvalue weighted by molar-refractivity contribution is 0.111. The fourth-order valence-corrected chi connectivity index (χ4v) is 4.17. The molecule has 7 heteroatoms. The second-order valence-corrected chi connectivity index (χ2v) is 7.35. The second-order valence-electron chi connectivity index (χ2n) is 7.35. The summed E-state index contributed by atoms with van der Waals surface area (Å²) in [5.41, 5.74) is 2.89. The summed E-state index contributed by atoms with van der Waals surface area (Å²) in [6.07, 6.45) is 3.57. The van der Waals surface area contributed by atoms with Crippen molar-refractivity contribution in [2.45, 2.75) is 44.2 Å². The minimum absolute atomic E-state index is 0.0552. The van der Waals surface area contributed by atoms with Gasteiger partial charge in [0.15, 0.2) is 11.5 Å². The highest BCUT2D eigenvalue weighted by atomic mass is 16.5. The van der Waals surface area contributed by atoms with Gasteiger partial charge < -0.3 is 19.1 Å². The maximum atomic E-state index is 12.1. The van der Waals surface area contributed by atoms with E-state index in [0.29, 0.717) is 35.9 Å². The van der Waals surface area contributed by atoms with Crippen LogP contribution in [0.5, 0.6) is 11.5 Å². The number of aliphatic hydroxyl groups excluding tert-OH is 1. The lowest BCUT2D eigenvalue weighted by atomic mass is 9.74. The average Bonchev–Trinajstić information content (AvgIpc) is 2.69. The van der Waals surface area contributed by atoms with Crippen LogP contribution in [0.3, 0.4) is 0 Å². The Morgan fingerprint density at radius 1 is 1.29 bits per heavy atom. The van der Waals surface area contributed by atoms with Crippen molar-refractivity contribution < 1.29 is 14.6 Å². The van der Waals surface area contributed by atoms with Gasteiger partial charge in [-0.3, -0.25) is 4.99 Å². The molecule has 28 heavy (non-hydrogen) atoms. The number of hydrogen-bond acceptors (Lipinski definition) is 6. The number of rotatable bonds is 4. The van der Waals surface area contributed by atoms with E-state index < -0.39 is 0 Å². The number of aromatic nitrogens is 2. The summed E-state index contributed by atoms with van der Waals surface area (Å²) in [6, 6.07) is 5.78. The molecule has 3 atom stereocenters. The van der Waals surface area contributed by atoms with Crippen molar-refractivity contribution in [2.75, 3.05) is 13.7 Å². The van der Waals surface area contributed by atoms with Gasteiger partial charge in [-0.2, -0.15) is 4.98 Å². The Bertz CT molecular complexity index is 982. The highest BCUT2D eigenvalue weighted by molar-refractivity contribution is 6.13. The van der Waals surface area contributed by atoms with Crippen LogP contribution in [-0.4, -0.2) is 46.2 Å². The maximum Gasteiger partial charge on any atom is 0.347 e. The first-order valence-electron chi connectivity index (χ1n) is 9.66. The lowest BCUT2D eigenvalue weighted by Gasteiger charge is -2.37. The molecule has 1 saturated carbocycles. The molecule has 0 bridgehead atoms. The summed E-state index contributed by atoms with van der Waals surface area (Å²) < 4.78 is 12.7. The van der Waals surface area contributed by atoms with Crippen molar-refractivity contribution in [3.05, 3.63) is 51.7 Å². The van der Waals surface area contributed by atoms with Crippen molar-refractivity contribution in [3.8, 4) is 11.5 Å². The predicted molar refractivity (Wildman–Crippen MR) is 106 cm³/mol. The summed E-state index contributed by atoms with van der Waals surface area (Å²) in [5, 5.41) is 10.2. The lowest BCUT2D eigenvalue weighted by Crippen LogP contribution is -2.35. The van der Waals surface area contributed by atoms with Crippen molar-refractivity contribution in [1.29, 1.82) is 0 Å². The van der Waals surface area contributed by atoms with Crippen LogP contribution in [0.1, 0.15) is 48.9 Å². The van der Waals surface area contributed by atoms with Crippen LogP contribution < -0.4 is 15.2 Å². The van der Waals surface area contributed by atoms with Crippen molar-refractivity contribution >= 4 is 5.71 Å². The zero-order valence-electron chi connectivity index (χ0n) is 16.4. The minimum atomic E-state index is -0.328. The fraction of sp³-hybridized carbons (Fsp3) is 0.476. The molecule has 0 radical (unpaired) electrons. The number of benzene rings is 1. The zero-order chi connectivity index (χ0) is 19.8. The van der Waals surface area contributed by atoms with Gasteiger partial charge in [0.05, 0.1) is 37.3 Å². The third-order valence-corrected chi connectivity index (χ3v) is 5.59. The molecule has 1 aliphatic heterocycles. The summed E-state index contributed by atoms with van der Waals surface area (Å²) in [4.78, 5) is 21.3. The minimum Gasteiger partial charge on any atom is -0.493 e. The van der Waals surface area contributed by atoms with E-state index in [1.165, 1.54) is 4.57 Å². The average molecular weight is 383 g/mol. The van der Waals surface area contributed by atoms with Gasteiger partial charge in [0, 0.05) is 24.7 Å². The number of aliphatic hydroxyl groups is 1. The standard InChI is InChI=1S/C21H25N3O4/c1-4-28-19-10-13-14-9-12(25)5-6-16(14)22-20(15(13)11-18(19)27-3)17-7-8-24(2)21(26)23-17/h7-8,10-12,14,16,25H,4-6,9H2,1-3H3/t12-,14-,16-/m1/s1. The summed E-state index contributed by atoms with van der Waals surface area (Å²) >= 11 is 0. The molecule has 1 aromatic carbocycles. The molecule has 2 aromatic rings. The highest BCUT2D eigenvalue weighted by Crippen LogP contribution is 2.44. The first-order chi connectivity index (χ1) is 13.5. The Kier molecular flexibility index (Phi) is 4.93. The number of aryl methyl sites for hydroxylation is 1. The topological polar surface area (TPSA) is 85.9 Å². The molecule has 1 aliphatic carbocycles. The molecule has 1 aromatic heterocycles. The van der Waals surface area contributed by atoms with E-state index in [1.807, 2.05) is 25.1 Å². The SMILES string of the molecule is CCOc1cc2c(cc1OC)C(c1ccn(C)c(=O)n1)=N[C@@H]1CC[C@@H](O)C[C@H]21. The quantitative estimate of drug-likeness (QED) is 0.873. The van der Waals surface area contributed by atoms with Crippen LogP contribution in [0.15, 0.2) is 34.2 Å². The monoisotopic (exact) mass is 383 g/mol. The normalized spacial score (nSPS) is 23.4. The first kappa shape index (κ1) is 18.7. The first-order valence-corrected chi connectivity index (χ1v) is 9.66. The van der Waals surface area contributed by atoms with Crippen LogP contribution >= 0.6 is 0 Å². The number of hydrogen-bond donors (Lipinski definition) is 1. The van der Waals surface area contributed by atoms with E-state index in [2.05, 4.69) is 4.98 Å². The zero-order valence-corrected chi connectivity index (χ0v) is 16.4. The molecule has 2 heterocycles. The summed E-state index contributed by atoms with van der Waals surface area (Å²) in [5.74, 6) is 1.41. The van der Waals surface area contributed by atoms with Crippen molar-refractivity contribution in [3.63, 3.8) is 0 Å². The predicted octanol–water partition coefficient (Wildman–Crippen LogP) is 2.04. The smallest absolute Gasteiger partial charge is 0.347 e. The number of methoxy groups -OCH3 is 1. The second kappa shape index (κ2) is 7.39. The van der Waals surface area contributed by atoms with Gasteiger partial charge in [-0.15, -0.1) is 0 Å². The number of ether oxygens (including phenoxy) is 2. The van der Waals surface area contributed by atoms with Crippen LogP contribution in [0, 0.1) is 0 Å². The van der Waals surface area contributed by atoms with E-state index in [0.717, 1.165) is 24.0 Å². The van der Waals surface area contributed by atoms with Gasteiger partial charge in [-0.25, -0.2) is 4.79 Å². The fourth-order valence-electron chi connectivity index (χ4n) is 4.17. The number of nitrogens with zero attached hydrogens (tertiary/aromatic N) is 3. The van der Waals surface area contributed by atoms with Crippen LogP contribution in [-0.2, 0) is 7.05 Å². The van der Waals surface area contributed by atoms with E-state index in [1.54, 1.807) is 20.4 Å². The molecule has 0 spiro atoms. The largest absolute Gasteiger partial charge is 0.493 e.